The molecule has 1 N–H and O–H groups in total. The van der Waals surface area contributed by atoms with Gasteiger partial charge < -0.3 is 5.32 Å². The summed E-state index contributed by atoms with van der Waals surface area (Å²) in [6, 6.07) is 2.08. The van der Waals surface area contributed by atoms with Crippen molar-refractivity contribution in [2.45, 2.75) is 20.3 Å². The van der Waals surface area contributed by atoms with Crippen molar-refractivity contribution < 1.29 is 13.2 Å². The van der Waals surface area contributed by atoms with Crippen LogP contribution in [0.25, 0.3) is 11.3 Å². The number of hydrogen-bond acceptors (Lipinski definition) is 3. The molecule has 106 valence electrons. The van der Waals surface area contributed by atoms with Crippen molar-refractivity contribution in [3.05, 3.63) is 41.5 Å². The summed E-state index contributed by atoms with van der Waals surface area (Å²) in [5.41, 5.74) is 0.872. The molecular formula is C14H14F3N3. The third-order valence-electron chi connectivity index (χ3n) is 2.93. The highest BCUT2D eigenvalue weighted by Gasteiger charge is 2.19. The molecule has 1 aromatic heterocycles. The standard InChI is InChI=1S/C14H14F3N3/c1-3-8-13(19-7-20-14(8)18-4-2)9-5-6-10(15)12(17)11(9)16/h5-7H,3-4H2,1-2H3,(H,18,19,20). The zero-order valence-corrected chi connectivity index (χ0v) is 11.2. The van der Waals surface area contributed by atoms with Crippen molar-refractivity contribution in [1.29, 1.82) is 0 Å². The van der Waals surface area contributed by atoms with Gasteiger partial charge in [-0.1, -0.05) is 6.92 Å². The quantitative estimate of drug-likeness (QED) is 0.871. The predicted octanol–water partition coefficient (Wildman–Crippen LogP) is 3.56. The third-order valence-corrected chi connectivity index (χ3v) is 2.93. The second kappa shape index (κ2) is 5.90. The highest BCUT2D eigenvalue weighted by molar-refractivity contribution is 5.68. The summed E-state index contributed by atoms with van der Waals surface area (Å²) in [7, 11) is 0. The van der Waals surface area contributed by atoms with E-state index in [9.17, 15) is 13.2 Å². The van der Waals surface area contributed by atoms with E-state index in [1.807, 2.05) is 13.8 Å². The first-order valence-electron chi connectivity index (χ1n) is 6.31. The minimum absolute atomic E-state index is 0.0673. The van der Waals surface area contributed by atoms with Crippen LogP contribution < -0.4 is 5.32 Å². The molecule has 0 aliphatic carbocycles. The molecule has 1 aromatic carbocycles. The van der Waals surface area contributed by atoms with Gasteiger partial charge in [0.05, 0.1) is 5.69 Å². The maximum Gasteiger partial charge on any atom is 0.195 e. The Kier molecular flexibility index (Phi) is 4.22. The molecular weight excluding hydrogens is 267 g/mol. The lowest BCUT2D eigenvalue weighted by molar-refractivity contribution is 0.448. The van der Waals surface area contributed by atoms with Gasteiger partial charge in [-0.05, 0) is 25.5 Å². The Balaban J connectivity index is 2.64. The number of halogens is 3. The van der Waals surface area contributed by atoms with Gasteiger partial charge in [0, 0.05) is 17.7 Å². The van der Waals surface area contributed by atoms with Crippen LogP contribution >= 0.6 is 0 Å². The first kappa shape index (κ1) is 14.3. The van der Waals surface area contributed by atoms with Crippen LogP contribution in [0.1, 0.15) is 19.4 Å². The van der Waals surface area contributed by atoms with Crippen molar-refractivity contribution >= 4 is 5.82 Å². The van der Waals surface area contributed by atoms with Crippen LogP contribution in [0.3, 0.4) is 0 Å². The van der Waals surface area contributed by atoms with Crippen LogP contribution in [0.2, 0.25) is 0 Å². The van der Waals surface area contributed by atoms with Gasteiger partial charge in [-0.3, -0.25) is 0 Å². The monoisotopic (exact) mass is 281 g/mol. The molecule has 0 saturated heterocycles. The highest BCUT2D eigenvalue weighted by atomic mass is 19.2. The van der Waals surface area contributed by atoms with Gasteiger partial charge in [-0.2, -0.15) is 0 Å². The first-order chi connectivity index (χ1) is 9.60. The Morgan fingerprint density at radius 2 is 1.80 bits per heavy atom. The fourth-order valence-electron chi connectivity index (χ4n) is 2.01. The van der Waals surface area contributed by atoms with E-state index in [0.717, 1.165) is 6.07 Å². The predicted molar refractivity (Wildman–Crippen MR) is 70.9 cm³/mol. The van der Waals surface area contributed by atoms with E-state index < -0.39 is 17.5 Å². The molecule has 0 spiro atoms. The van der Waals surface area contributed by atoms with Gasteiger partial charge in [0.2, 0.25) is 0 Å². The normalized spacial score (nSPS) is 10.7. The molecule has 20 heavy (non-hydrogen) atoms. The zero-order valence-electron chi connectivity index (χ0n) is 11.2. The third kappa shape index (κ3) is 2.45. The molecule has 1 heterocycles. The van der Waals surface area contributed by atoms with E-state index in [2.05, 4.69) is 15.3 Å². The zero-order chi connectivity index (χ0) is 14.7. The maximum absolute atomic E-state index is 13.9. The second-order valence-electron chi connectivity index (χ2n) is 4.16. The molecule has 2 rings (SSSR count). The Morgan fingerprint density at radius 1 is 1.05 bits per heavy atom. The van der Waals surface area contributed by atoms with Crippen molar-refractivity contribution in [2.75, 3.05) is 11.9 Å². The fraction of sp³-hybridized carbons (Fsp3) is 0.286. The first-order valence-corrected chi connectivity index (χ1v) is 6.31. The molecule has 3 nitrogen and oxygen atoms in total. The highest BCUT2D eigenvalue weighted by Crippen LogP contribution is 2.29. The molecule has 0 aliphatic heterocycles. The number of anilines is 1. The Bertz CT molecular complexity index is 629. The molecule has 0 saturated carbocycles. The summed E-state index contributed by atoms with van der Waals surface area (Å²) in [4.78, 5) is 8.10. The molecule has 0 atom stereocenters. The summed E-state index contributed by atoms with van der Waals surface area (Å²) in [6.07, 6.45) is 1.81. The van der Waals surface area contributed by atoms with Crippen LogP contribution in [-0.2, 0) is 6.42 Å². The van der Waals surface area contributed by atoms with Gasteiger partial charge in [0.1, 0.15) is 12.1 Å². The van der Waals surface area contributed by atoms with Crippen LogP contribution in [-0.4, -0.2) is 16.5 Å². The number of benzene rings is 1. The van der Waals surface area contributed by atoms with Crippen LogP contribution in [0.5, 0.6) is 0 Å². The number of nitrogens with one attached hydrogen (secondary N) is 1. The Hall–Kier alpha value is -2.11. The van der Waals surface area contributed by atoms with E-state index in [1.165, 1.54) is 12.4 Å². The largest absolute Gasteiger partial charge is 0.370 e. The Morgan fingerprint density at radius 3 is 2.45 bits per heavy atom. The van der Waals surface area contributed by atoms with Gasteiger partial charge in [0.25, 0.3) is 0 Å². The molecule has 0 amide bonds. The molecule has 0 aliphatic rings. The van der Waals surface area contributed by atoms with E-state index in [0.29, 0.717) is 24.3 Å². The molecule has 6 heteroatoms. The van der Waals surface area contributed by atoms with Crippen molar-refractivity contribution in [3.63, 3.8) is 0 Å². The van der Waals surface area contributed by atoms with Crippen LogP contribution in [0.4, 0.5) is 19.0 Å². The number of hydrogen-bond donors (Lipinski definition) is 1. The lowest BCUT2D eigenvalue weighted by atomic mass is 10.0. The fourth-order valence-corrected chi connectivity index (χ4v) is 2.01. The summed E-state index contributed by atoms with van der Waals surface area (Å²) in [6.45, 7) is 4.41. The van der Waals surface area contributed by atoms with Gasteiger partial charge in [-0.15, -0.1) is 0 Å². The molecule has 0 unspecified atom stereocenters. The molecule has 0 bridgehead atoms. The SMILES string of the molecule is CCNc1ncnc(-c2ccc(F)c(F)c2F)c1CC. The lowest BCUT2D eigenvalue weighted by Gasteiger charge is -2.13. The summed E-state index contributed by atoms with van der Waals surface area (Å²) >= 11 is 0. The molecule has 2 aromatic rings. The number of nitrogens with zero attached hydrogens (tertiary/aromatic N) is 2. The van der Waals surface area contributed by atoms with Gasteiger partial charge in [-0.25, -0.2) is 23.1 Å². The molecule has 0 radical (unpaired) electrons. The topological polar surface area (TPSA) is 37.8 Å². The van der Waals surface area contributed by atoms with Crippen LogP contribution in [0.15, 0.2) is 18.5 Å². The molecule has 0 fully saturated rings. The second-order valence-corrected chi connectivity index (χ2v) is 4.16. The number of aromatic nitrogens is 2. The summed E-state index contributed by atoms with van der Waals surface area (Å²) < 4.78 is 40.2. The summed E-state index contributed by atoms with van der Waals surface area (Å²) in [5, 5.41) is 3.04. The number of rotatable bonds is 4. The van der Waals surface area contributed by atoms with Gasteiger partial charge >= 0.3 is 0 Å². The smallest absolute Gasteiger partial charge is 0.195 e. The van der Waals surface area contributed by atoms with E-state index in [4.69, 9.17) is 0 Å². The average Bonchev–Trinajstić information content (AvgIpc) is 2.45. The van der Waals surface area contributed by atoms with Crippen LogP contribution in [0, 0.1) is 17.5 Å². The van der Waals surface area contributed by atoms with E-state index in [1.54, 1.807) is 0 Å². The summed E-state index contributed by atoms with van der Waals surface area (Å²) in [5.74, 6) is -3.37. The minimum Gasteiger partial charge on any atom is -0.370 e. The maximum atomic E-state index is 13.9. The van der Waals surface area contributed by atoms with E-state index in [-0.39, 0.29) is 11.3 Å². The van der Waals surface area contributed by atoms with Crippen molar-refractivity contribution in [2.24, 2.45) is 0 Å². The minimum atomic E-state index is -1.49. The lowest BCUT2D eigenvalue weighted by Crippen LogP contribution is -2.07. The van der Waals surface area contributed by atoms with Crippen molar-refractivity contribution in [1.82, 2.24) is 9.97 Å². The van der Waals surface area contributed by atoms with E-state index >= 15 is 0 Å². The van der Waals surface area contributed by atoms with Crippen molar-refractivity contribution in [3.8, 4) is 11.3 Å². The average molecular weight is 281 g/mol. The van der Waals surface area contributed by atoms with Gasteiger partial charge in [0.15, 0.2) is 17.5 Å². The Labute approximate surface area is 114 Å².